The molecule has 5 heteroatoms. The van der Waals surface area contributed by atoms with E-state index in [1.54, 1.807) is 0 Å². The Bertz CT molecular complexity index is 268. The summed E-state index contributed by atoms with van der Waals surface area (Å²) < 4.78 is 4.65. The molecule has 1 fully saturated rings. The van der Waals surface area contributed by atoms with Crippen molar-refractivity contribution in [2.24, 2.45) is 5.92 Å². The van der Waals surface area contributed by atoms with Crippen molar-refractivity contribution in [2.75, 3.05) is 0 Å². The number of carbonyl (C=O) groups excluding carboxylic acids is 1. The molecule has 1 saturated heterocycles. The lowest BCUT2D eigenvalue weighted by atomic mass is 9.80. The van der Waals surface area contributed by atoms with Crippen molar-refractivity contribution in [1.29, 1.82) is 0 Å². The van der Waals surface area contributed by atoms with E-state index in [2.05, 4.69) is 4.74 Å². The Balaban J connectivity index is 3.17. The molecule has 0 radical (unpaired) electrons. The Labute approximate surface area is 75.3 Å². The van der Waals surface area contributed by atoms with E-state index in [0.29, 0.717) is 0 Å². The van der Waals surface area contributed by atoms with E-state index in [0.717, 1.165) is 0 Å². The summed E-state index contributed by atoms with van der Waals surface area (Å²) in [4.78, 5) is 21.9. The van der Waals surface area contributed by atoms with Crippen molar-refractivity contribution in [1.82, 2.24) is 0 Å². The van der Waals surface area contributed by atoms with Crippen LogP contribution >= 0.6 is 0 Å². The van der Waals surface area contributed by atoms with Crippen LogP contribution in [0.1, 0.15) is 20.8 Å². The van der Waals surface area contributed by atoms with E-state index >= 15 is 0 Å². The molecule has 1 aliphatic heterocycles. The maximum absolute atomic E-state index is 11.1. The van der Waals surface area contributed by atoms with Crippen molar-refractivity contribution in [3.63, 3.8) is 0 Å². The molecule has 3 atom stereocenters. The van der Waals surface area contributed by atoms with Crippen LogP contribution in [0.5, 0.6) is 0 Å². The Morgan fingerprint density at radius 1 is 1.54 bits per heavy atom. The molecule has 0 aromatic carbocycles. The highest BCUT2D eigenvalue weighted by Crippen LogP contribution is 2.40. The lowest BCUT2D eigenvalue weighted by molar-refractivity contribution is -0.181. The number of esters is 1. The summed E-state index contributed by atoms with van der Waals surface area (Å²) in [5.74, 6) is -2.85. The summed E-state index contributed by atoms with van der Waals surface area (Å²) in [7, 11) is 0. The molecule has 5 nitrogen and oxygen atoms in total. The smallest absolute Gasteiger partial charge is 0.350 e. The Kier molecular flexibility index (Phi) is 1.88. The predicted molar refractivity (Wildman–Crippen MR) is 41.9 cm³/mol. The highest BCUT2D eigenvalue weighted by atomic mass is 16.6. The Morgan fingerprint density at radius 3 is 2.15 bits per heavy atom. The Morgan fingerprint density at radius 2 is 2.00 bits per heavy atom. The van der Waals surface area contributed by atoms with Gasteiger partial charge in [-0.3, -0.25) is 4.79 Å². The monoisotopic (exact) mass is 188 g/mol. The van der Waals surface area contributed by atoms with Crippen LogP contribution in [0.25, 0.3) is 0 Å². The van der Waals surface area contributed by atoms with Crippen molar-refractivity contribution in [2.45, 2.75) is 32.0 Å². The largest absolute Gasteiger partial charge is 0.478 e. The summed E-state index contributed by atoms with van der Waals surface area (Å²) in [6, 6.07) is 0. The molecule has 1 heterocycles. The van der Waals surface area contributed by atoms with Gasteiger partial charge in [0.2, 0.25) is 5.60 Å². The van der Waals surface area contributed by atoms with E-state index in [4.69, 9.17) is 5.11 Å². The molecular weight excluding hydrogens is 176 g/mol. The van der Waals surface area contributed by atoms with Gasteiger partial charge >= 0.3 is 11.9 Å². The van der Waals surface area contributed by atoms with Gasteiger partial charge in [0, 0.05) is 0 Å². The Hall–Kier alpha value is -1.10. The number of aliphatic hydroxyl groups is 1. The SMILES string of the molecule is C[C@@H]1C(=O)O[C@](C)(C(=O)O)[C@]1(C)O. The first-order chi connectivity index (χ1) is 5.73. The van der Waals surface area contributed by atoms with Gasteiger partial charge in [0.05, 0.1) is 5.92 Å². The molecule has 2 N–H and O–H groups in total. The van der Waals surface area contributed by atoms with Crippen LogP contribution in [-0.4, -0.2) is 33.4 Å². The topological polar surface area (TPSA) is 83.8 Å². The summed E-state index contributed by atoms with van der Waals surface area (Å²) in [6.45, 7) is 3.92. The fourth-order valence-electron chi connectivity index (χ4n) is 1.30. The lowest BCUT2D eigenvalue weighted by Gasteiger charge is -2.31. The van der Waals surface area contributed by atoms with Gasteiger partial charge in [-0.05, 0) is 20.8 Å². The summed E-state index contributed by atoms with van der Waals surface area (Å²) in [6.07, 6.45) is 0. The average Bonchev–Trinajstić information content (AvgIpc) is 2.14. The van der Waals surface area contributed by atoms with Gasteiger partial charge in [-0.25, -0.2) is 4.79 Å². The number of aliphatic carboxylic acids is 1. The van der Waals surface area contributed by atoms with Crippen LogP contribution < -0.4 is 0 Å². The van der Waals surface area contributed by atoms with Crippen molar-refractivity contribution in [3.8, 4) is 0 Å². The van der Waals surface area contributed by atoms with Crippen molar-refractivity contribution in [3.05, 3.63) is 0 Å². The van der Waals surface area contributed by atoms with Gasteiger partial charge in [-0.15, -0.1) is 0 Å². The molecule has 0 amide bonds. The van der Waals surface area contributed by atoms with E-state index < -0.39 is 29.1 Å². The molecule has 1 aliphatic rings. The predicted octanol–water partition coefficient (Wildman–Crippen LogP) is -0.226. The number of hydrogen-bond acceptors (Lipinski definition) is 4. The standard InChI is InChI=1S/C8H12O5/c1-4-5(9)13-8(3,6(10)11)7(4,2)12/h4,12H,1-3H3,(H,10,11)/t4-,7-,8-/m1/s1. The number of carboxylic acids is 1. The fraction of sp³-hybridized carbons (Fsp3) is 0.750. The van der Waals surface area contributed by atoms with Crippen molar-refractivity contribution >= 4 is 11.9 Å². The van der Waals surface area contributed by atoms with E-state index in [9.17, 15) is 14.7 Å². The van der Waals surface area contributed by atoms with Gasteiger partial charge in [-0.1, -0.05) is 0 Å². The van der Waals surface area contributed by atoms with E-state index in [1.165, 1.54) is 20.8 Å². The van der Waals surface area contributed by atoms with Gasteiger partial charge < -0.3 is 14.9 Å². The molecule has 0 aromatic heterocycles. The molecule has 0 spiro atoms. The highest BCUT2D eigenvalue weighted by Gasteiger charge is 2.63. The minimum atomic E-state index is -1.84. The van der Waals surface area contributed by atoms with Crippen molar-refractivity contribution < 1.29 is 24.5 Å². The first-order valence-corrected chi connectivity index (χ1v) is 3.92. The quantitative estimate of drug-likeness (QED) is 0.555. The van der Waals surface area contributed by atoms with E-state index in [-0.39, 0.29) is 0 Å². The average molecular weight is 188 g/mol. The normalized spacial score (nSPS) is 44.6. The zero-order valence-electron chi connectivity index (χ0n) is 7.70. The molecule has 0 saturated carbocycles. The molecule has 0 unspecified atom stereocenters. The second kappa shape index (κ2) is 2.45. The number of hydrogen-bond donors (Lipinski definition) is 2. The molecule has 13 heavy (non-hydrogen) atoms. The first-order valence-electron chi connectivity index (χ1n) is 3.92. The second-order valence-electron chi connectivity index (χ2n) is 3.63. The van der Waals surface area contributed by atoms with Gasteiger partial charge in [0.1, 0.15) is 5.60 Å². The third kappa shape index (κ3) is 1.03. The third-order valence-electron chi connectivity index (χ3n) is 2.88. The summed E-state index contributed by atoms with van der Waals surface area (Å²) in [5.41, 5.74) is -3.51. The molecule has 1 rings (SSSR count). The zero-order chi connectivity index (χ0) is 10.4. The number of carbonyl (C=O) groups is 2. The number of cyclic esters (lactones) is 1. The fourth-order valence-corrected chi connectivity index (χ4v) is 1.30. The van der Waals surface area contributed by atoms with Crippen LogP contribution in [0.15, 0.2) is 0 Å². The highest BCUT2D eigenvalue weighted by molar-refractivity contribution is 5.89. The summed E-state index contributed by atoms with van der Waals surface area (Å²) in [5, 5.41) is 18.6. The third-order valence-corrected chi connectivity index (χ3v) is 2.88. The van der Waals surface area contributed by atoms with Crippen LogP contribution in [0.3, 0.4) is 0 Å². The van der Waals surface area contributed by atoms with E-state index in [1.807, 2.05) is 0 Å². The first kappa shape index (κ1) is 9.98. The van der Waals surface area contributed by atoms with Gasteiger partial charge in [-0.2, -0.15) is 0 Å². The van der Waals surface area contributed by atoms with Crippen LogP contribution in [0, 0.1) is 5.92 Å². The zero-order valence-corrected chi connectivity index (χ0v) is 7.70. The molecule has 0 aliphatic carbocycles. The maximum atomic E-state index is 11.1. The second-order valence-corrected chi connectivity index (χ2v) is 3.63. The molecular formula is C8H12O5. The van der Waals surface area contributed by atoms with Crippen LogP contribution in [0.4, 0.5) is 0 Å². The number of ether oxygens (including phenoxy) is 1. The molecule has 0 bridgehead atoms. The minimum absolute atomic E-state index is 0.685. The number of carboxylic acid groups (broad SMARTS) is 1. The molecule has 74 valence electrons. The summed E-state index contributed by atoms with van der Waals surface area (Å²) >= 11 is 0. The lowest BCUT2D eigenvalue weighted by Crippen LogP contribution is -2.54. The van der Waals surface area contributed by atoms with Gasteiger partial charge in [0.15, 0.2) is 0 Å². The van der Waals surface area contributed by atoms with Crippen LogP contribution in [0.2, 0.25) is 0 Å². The minimum Gasteiger partial charge on any atom is -0.478 e. The van der Waals surface area contributed by atoms with Crippen LogP contribution in [-0.2, 0) is 14.3 Å². The van der Waals surface area contributed by atoms with Gasteiger partial charge in [0.25, 0.3) is 0 Å². The maximum Gasteiger partial charge on any atom is 0.350 e. The molecule has 0 aromatic rings. The number of rotatable bonds is 1.